The molecule has 1 aromatic carbocycles. The zero-order valence-electron chi connectivity index (χ0n) is 11.1. The van der Waals surface area contributed by atoms with Gasteiger partial charge in [0.2, 0.25) is 0 Å². The highest BCUT2D eigenvalue weighted by Crippen LogP contribution is 2.28. The summed E-state index contributed by atoms with van der Waals surface area (Å²) in [5.41, 5.74) is -0.0305. The van der Waals surface area contributed by atoms with E-state index in [4.69, 9.17) is 5.11 Å². The molecule has 0 aliphatic rings. The van der Waals surface area contributed by atoms with Crippen LogP contribution in [0.5, 0.6) is 5.75 Å². The molecule has 0 atom stereocenters. The van der Waals surface area contributed by atoms with Gasteiger partial charge in [0.05, 0.1) is 5.69 Å². The van der Waals surface area contributed by atoms with Crippen molar-refractivity contribution >= 4 is 16.7 Å². The summed E-state index contributed by atoms with van der Waals surface area (Å²) < 4.78 is 40.4. The Kier molecular flexibility index (Phi) is 3.36. The molecule has 0 unspecified atom stereocenters. The molecule has 0 aliphatic carbocycles. The van der Waals surface area contributed by atoms with Gasteiger partial charge in [-0.2, -0.15) is 10.3 Å². The molecule has 0 aliphatic heterocycles. The van der Waals surface area contributed by atoms with E-state index in [1.165, 1.54) is 24.4 Å². The number of hydrogen-bond acceptors (Lipinski definition) is 5. The normalized spacial score (nSPS) is 11.6. The Morgan fingerprint density at radius 3 is 2.65 bits per heavy atom. The van der Waals surface area contributed by atoms with Gasteiger partial charge in [-0.15, -0.1) is 18.3 Å². The third kappa shape index (κ3) is 3.05. The minimum Gasteiger partial charge on any atom is -0.476 e. The summed E-state index contributed by atoms with van der Waals surface area (Å²) in [6, 6.07) is 5.24. The third-order valence-electron chi connectivity index (χ3n) is 2.92. The Bertz CT molecular complexity index is 892. The van der Waals surface area contributed by atoms with Gasteiger partial charge in [0.1, 0.15) is 11.4 Å². The number of carbonyl (C=O) groups is 1. The number of ether oxygens (including phenoxy) is 1. The van der Waals surface area contributed by atoms with Gasteiger partial charge in [0.25, 0.3) is 0 Å². The number of benzene rings is 1. The largest absolute Gasteiger partial charge is 0.573 e. The van der Waals surface area contributed by atoms with Crippen molar-refractivity contribution in [2.75, 3.05) is 0 Å². The Labute approximate surface area is 125 Å². The van der Waals surface area contributed by atoms with Crippen LogP contribution < -0.4 is 4.74 Å². The van der Waals surface area contributed by atoms with Crippen molar-refractivity contribution in [2.45, 2.75) is 6.36 Å². The van der Waals surface area contributed by atoms with Crippen LogP contribution in [0, 0.1) is 0 Å². The number of aromatic carboxylic acids is 1. The minimum atomic E-state index is -4.78. The number of hydrogen-bond donors (Lipinski definition) is 2. The third-order valence-corrected chi connectivity index (χ3v) is 2.92. The van der Waals surface area contributed by atoms with Crippen LogP contribution in [0.3, 0.4) is 0 Å². The molecule has 3 aromatic rings. The van der Waals surface area contributed by atoms with E-state index >= 15 is 0 Å². The molecule has 0 radical (unpaired) electrons. The molecule has 10 heteroatoms. The highest BCUT2D eigenvalue weighted by atomic mass is 19.4. The van der Waals surface area contributed by atoms with Gasteiger partial charge in [0, 0.05) is 11.6 Å². The van der Waals surface area contributed by atoms with Gasteiger partial charge >= 0.3 is 12.3 Å². The lowest BCUT2D eigenvalue weighted by Crippen LogP contribution is -2.16. The molecule has 0 spiro atoms. The van der Waals surface area contributed by atoms with E-state index in [1.54, 1.807) is 0 Å². The molecule has 7 nitrogen and oxygen atoms in total. The molecule has 0 saturated heterocycles. The molecule has 0 saturated carbocycles. The van der Waals surface area contributed by atoms with Crippen LogP contribution in [-0.4, -0.2) is 37.8 Å². The lowest BCUT2D eigenvalue weighted by atomic mass is 10.1. The summed E-state index contributed by atoms with van der Waals surface area (Å²) >= 11 is 0. The molecule has 118 valence electrons. The van der Waals surface area contributed by atoms with Crippen LogP contribution in [0.2, 0.25) is 0 Å². The van der Waals surface area contributed by atoms with Crippen molar-refractivity contribution < 1.29 is 27.8 Å². The molecule has 0 fully saturated rings. The number of nitrogens with one attached hydrogen (secondary N) is 1. The van der Waals surface area contributed by atoms with E-state index in [2.05, 4.69) is 25.1 Å². The number of pyridine rings is 1. The number of alkyl halides is 3. The first-order valence-corrected chi connectivity index (χ1v) is 6.13. The predicted molar refractivity (Wildman–Crippen MR) is 70.8 cm³/mol. The Balaban J connectivity index is 2.01. The van der Waals surface area contributed by atoms with Crippen LogP contribution >= 0.6 is 0 Å². The lowest BCUT2D eigenvalue weighted by molar-refractivity contribution is -0.274. The molecule has 3 rings (SSSR count). The maximum absolute atomic E-state index is 12.2. The second-order valence-electron chi connectivity index (χ2n) is 4.45. The number of carboxylic acid groups (broad SMARTS) is 1. The number of rotatable bonds is 3. The second kappa shape index (κ2) is 5.23. The first kappa shape index (κ1) is 14.8. The predicted octanol–water partition coefficient (Wildman–Crippen LogP) is 2.62. The standard InChI is InChI=1S/C13H7F3N4O3/c14-13(15,16)23-8-2-1-6-4-9(17-5-7(6)3-8)10-11(12(21)22)19-20-18-10/h1-5H,(H,21,22)(H,18,19,20). The monoisotopic (exact) mass is 324 g/mol. The van der Waals surface area contributed by atoms with Crippen LogP contribution in [0.4, 0.5) is 13.2 Å². The van der Waals surface area contributed by atoms with E-state index < -0.39 is 12.3 Å². The highest BCUT2D eigenvalue weighted by Gasteiger charge is 2.31. The molecular weight excluding hydrogens is 317 g/mol. The number of nitrogens with zero attached hydrogens (tertiary/aromatic N) is 3. The van der Waals surface area contributed by atoms with E-state index in [9.17, 15) is 18.0 Å². The summed E-state index contributed by atoms with van der Waals surface area (Å²) in [6.07, 6.45) is -3.48. The van der Waals surface area contributed by atoms with E-state index in [0.717, 1.165) is 6.07 Å². The average Bonchev–Trinajstić information content (AvgIpc) is 2.94. The van der Waals surface area contributed by atoms with Crippen molar-refractivity contribution in [3.05, 3.63) is 36.2 Å². The van der Waals surface area contributed by atoms with Gasteiger partial charge in [-0.3, -0.25) is 4.98 Å². The molecule has 2 aromatic heterocycles. The molecule has 2 N–H and O–H groups in total. The first-order valence-electron chi connectivity index (χ1n) is 6.13. The summed E-state index contributed by atoms with van der Waals surface area (Å²) in [6.45, 7) is 0. The van der Waals surface area contributed by atoms with E-state index in [0.29, 0.717) is 10.8 Å². The summed E-state index contributed by atoms with van der Waals surface area (Å²) in [7, 11) is 0. The lowest BCUT2D eigenvalue weighted by Gasteiger charge is -2.09. The smallest absolute Gasteiger partial charge is 0.476 e. The number of aromatic amines is 1. The van der Waals surface area contributed by atoms with Gasteiger partial charge in [0.15, 0.2) is 5.69 Å². The second-order valence-corrected chi connectivity index (χ2v) is 4.45. The Morgan fingerprint density at radius 1 is 1.17 bits per heavy atom. The maximum Gasteiger partial charge on any atom is 0.573 e. The summed E-state index contributed by atoms with van der Waals surface area (Å²) in [5, 5.41) is 19.4. The topological polar surface area (TPSA) is 101 Å². The molecular formula is C13H7F3N4O3. The van der Waals surface area contributed by atoms with Gasteiger partial charge < -0.3 is 9.84 Å². The van der Waals surface area contributed by atoms with Crippen molar-refractivity contribution in [1.29, 1.82) is 0 Å². The van der Waals surface area contributed by atoms with Crippen molar-refractivity contribution in [2.24, 2.45) is 0 Å². The zero-order valence-corrected chi connectivity index (χ0v) is 11.1. The number of fused-ring (bicyclic) bond motifs is 1. The van der Waals surface area contributed by atoms with Gasteiger partial charge in [-0.05, 0) is 23.6 Å². The number of H-pyrrole nitrogens is 1. The van der Waals surface area contributed by atoms with Gasteiger partial charge in [-0.1, -0.05) is 6.07 Å². The molecule has 2 heterocycles. The van der Waals surface area contributed by atoms with E-state index in [-0.39, 0.29) is 22.8 Å². The quantitative estimate of drug-likeness (QED) is 0.768. The van der Waals surface area contributed by atoms with Crippen molar-refractivity contribution in [3.8, 4) is 17.1 Å². The van der Waals surface area contributed by atoms with Crippen LogP contribution in [-0.2, 0) is 0 Å². The number of carboxylic acids is 1. The zero-order chi connectivity index (χ0) is 16.6. The van der Waals surface area contributed by atoms with Crippen LogP contribution in [0.1, 0.15) is 10.5 Å². The van der Waals surface area contributed by atoms with Crippen LogP contribution in [0.25, 0.3) is 22.2 Å². The Morgan fingerprint density at radius 2 is 1.96 bits per heavy atom. The molecule has 0 bridgehead atoms. The number of halogens is 3. The van der Waals surface area contributed by atoms with Gasteiger partial charge in [-0.25, -0.2) is 4.79 Å². The fourth-order valence-electron chi connectivity index (χ4n) is 2.00. The fraction of sp³-hybridized carbons (Fsp3) is 0.0769. The summed E-state index contributed by atoms with van der Waals surface area (Å²) in [5.74, 6) is -1.64. The highest BCUT2D eigenvalue weighted by molar-refractivity contribution is 5.93. The molecule has 23 heavy (non-hydrogen) atoms. The minimum absolute atomic E-state index is 0.0371. The van der Waals surface area contributed by atoms with E-state index in [1.807, 2.05) is 0 Å². The Hall–Kier alpha value is -3.17. The van der Waals surface area contributed by atoms with Crippen LogP contribution in [0.15, 0.2) is 30.5 Å². The fourth-order valence-corrected chi connectivity index (χ4v) is 2.00. The number of aromatic nitrogens is 4. The maximum atomic E-state index is 12.2. The SMILES string of the molecule is O=C(O)c1n[nH]nc1-c1cc2ccc(OC(F)(F)F)cc2cn1. The molecule has 0 amide bonds. The van der Waals surface area contributed by atoms with Crippen molar-refractivity contribution in [3.63, 3.8) is 0 Å². The first-order chi connectivity index (χ1) is 10.8. The average molecular weight is 324 g/mol. The summed E-state index contributed by atoms with van der Waals surface area (Å²) in [4.78, 5) is 15.0. The van der Waals surface area contributed by atoms with Crippen molar-refractivity contribution in [1.82, 2.24) is 20.4 Å².